The van der Waals surface area contributed by atoms with Gasteiger partial charge in [-0.3, -0.25) is 4.79 Å². The Balaban J connectivity index is 0.00000180. The van der Waals surface area contributed by atoms with Crippen LogP contribution >= 0.6 is 12.4 Å². The monoisotopic (exact) mass is 284 g/mol. The van der Waals surface area contributed by atoms with E-state index in [1.165, 1.54) is 0 Å². The summed E-state index contributed by atoms with van der Waals surface area (Å²) in [5.41, 5.74) is 1.06. The van der Waals surface area contributed by atoms with Crippen molar-refractivity contribution in [3.63, 3.8) is 0 Å². The van der Waals surface area contributed by atoms with Gasteiger partial charge in [-0.15, -0.1) is 12.4 Å². The fraction of sp³-hybridized carbons (Fsp3) is 0.500. The lowest BCUT2D eigenvalue weighted by Crippen LogP contribution is -2.39. The molecule has 1 aromatic carbocycles. The Morgan fingerprint density at radius 1 is 1.53 bits per heavy atom. The van der Waals surface area contributed by atoms with Crippen LogP contribution in [0.15, 0.2) is 24.3 Å². The summed E-state index contributed by atoms with van der Waals surface area (Å²) in [5.74, 6) is 0.942. The molecular weight excluding hydrogens is 264 g/mol. The molecule has 1 unspecified atom stereocenters. The van der Waals surface area contributed by atoms with E-state index in [1.807, 2.05) is 31.2 Å². The van der Waals surface area contributed by atoms with Gasteiger partial charge >= 0.3 is 0 Å². The van der Waals surface area contributed by atoms with E-state index in [9.17, 15) is 4.79 Å². The van der Waals surface area contributed by atoms with Gasteiger partial charge in [0.15, 0.2) is 0 Å². The van der Waals surface area contributed by atoms with Crippen LogP contribution in [-0.4, -0.2) is 25.1 Å². The molecule has 2 N–H and O–H groups in total. The molecule has 1 saturated heterocycles. The third-order valence-corrected chi connectivity index (χ3v) is 3.05. The van der Waals surface area contributed by atoms with Crippen molar-refractivity contribution in [3.8, 4) is 5.75 Å². The molecule has 4 nitrogen and oxygen atoms in total. The van der Waals surface area contributed by atoms with E-state index in [4.69, 9.17) is 4.74 Å². The van der Waals surface area contributed by atoms with Gasteiger partial charge in [-0.1, -0.05) is 12.1 Å². The molecule has 1 amide bonds. The minimum Gasteiger partial charge on any atom is -0.494 e. The summed E-state index contributed by atoms with van der Waals surface area (Å²) in [6.45, 7) is 4.11. The average Bonchev–Trinajstić information content (AvgIpc) is 2.91. The Hall–Kier alpha value is -1.26. The quantitative estimate of drug-likeness (QED) is 0.868. The first-order valence-electron chi connectivity index (χ1n) is 6.52. The summed E-state index contributed by atoms with van der Waals surface area (Å²) in [7, 11) is 0. The standard InChI is InChI=1S/C14H20N2O2.ClH/c1-2-18-12-6-3-5-11(9-12)10-16-14(17)13-7-4-8-15-13;/h3,5-6,9,13,15H,2,4,7-8,10H2,1H3,(H,16,17);1H. The van der Waals surface area contributed by atoms with Crippen LogP contribution in [0.1, 0.15) is 25.3 Å². The van der Waals surface area contributed by atoms with Gasteiger partial charge in [0.05, 0.1) is 12.6 Å². The van der Waals surface area contributed by atoms with Crippen molar-refractivity contribution in [2.75, 3.05) is 13.2 Å². The first-order chi connectivity index (χ1) is 8.79. The molecule has 0 saturated carbocycles. The van der Waals surface area contributed by atoms with Crippen molar-refractivity contribution in [3.05, 3.63) is 29.8 Å². The highest BCUT2D eigenvalue weighted by Crippen LogP contribution is 2.13. The lowest BCUT2D eigenvalue weighted by atomic mass is 10.2. The largest absolute Gasteiger partial charge is 0.494 e. The van der Waals surface area contributed by atoms with Gasteiger partial charge in [0.25, 0.3) is 0 Å². The molecule has 0 bridgehead atoms. The molecule has 1 atom stereocenters. The van der Waals surface area contributed by atoms with Crippen LogP contribution in [0.3, 0.4) is 0 Å². The van der Waals surface area contributed by atoms with Gasteiger partial charge in [-0.2, -0.15) is 0 Å². The minimum absolute atomic E-state index is 0. The van der Waals surface area contributed by atoms with Crippen molar-refractivity contribution in [2.24, 2.45) is 0 Å². The number of halogens is 1. The van der Waals surface area contributed by atoms with Gasteiger partial charge in [-0.25, -0.2) is 0 Å². The molecule has 2 rings (SSSR count). The zero-order chi connectivity index (χ0) is 12.8. The second-order valence-corrected chi connectivity index (χ2v) is 4.45. The lowest BCUT2D eigenvalue weighted by Gasteiger charge is -2.11. The Kier molecular flexibility index (Phi) is 6.67. The van der Waals surface area contributed by atoms with Crippen LogP contribution in [-0.2, 0) is 11.3 Å². The van der Waals surface area contributed by atoms with Crippen LogP contribution < -0.4 is 15.4 Å². The van der Waals surface area contributed by atoms with E-state index in [0.717, 1.165) is 30.7 Å². The van der Waals surface area contributed by atoms with Crippen LogP contribution in [0.5, 0.6) is 5.75 Å². The maximum absolute atomic E-state index is 11.8. The molecule has 1 heterocycles. The van der Waals surface area contributed by atoms with Gasteiger partial charge in [-0.05, 0) is 44.0 Å². The van der Waals surface area contributed by atoms with E-state index in [0.29, 0.717) is 13.2 Å². The molecule has 106 valence electrons. The SMILES string of the molecule is CCOc1cccc(CNC(=O)C2CCCN2)c1.Cl. The molecule has 1 fully saturated rings. The molecule has 5 heteroatoms. The maximum Gasteiger partial charge on any atom is 0.237 e. The number of carbonyl (C=O) groups is 1. The number of nitrogens with one attached hydrogen (secondary N) is 2. The molecule has 1 aliphatic heterocycles. The van der Waals surface area contributed by atoms with Crippen molar-refractivity contribution >= 4 is 18.3 Å². The van der Waals surface area contributed by atoms with Crippen molar-refractivity contribution in [2.45, 2.75) is 32.4 Å². The van der Waals surface area contributed by atoms with Crippen molar-refractivity contribution in [1.82, 2.24) is 10.6 Å². The smallest absolute Gasteiger partial charge is 0.237 e. The molecule has 19 heavy (non-hydrogen) atoms. The van der Waals surface area contributed by atoms with E-state index >= 15 is 0 Å². The number of ether oxygens (including phenoxy) is 1. The molecular formula is C14H21ClN2O2. The summed E-state index contributed by atoms with van der Waals surface area (Å²) in [4.78, 5) is 11.8. The molecule has 1 aromatic rings. The topological polar surface area (TPSA) is 50.4 Å². The maximum atomic E-state index is 11.8. The first-order valence-corrected chi connectivity index (χ1v) is 6.52. The predicted octanol–water partition coefficient (Wildman–Crippen LogP) is 1.88. The van der Waals surface area contributed by atoms with E-state index in [-0.39, 0.29) is 24.4 Å². The Bertz CT molecular complexity index is 406. The highest BCUT2D eigenvalue weighted by Gasteiger charge is 2.21. The second-order valence-electron chi connectivity index (χ2n) is 4.45. The van der Waals surface area contributed by atoms with Crippen molar-refractivity contribution in [1.29, 1.82) is 0 Å². The third-order valence-electron chi connectivity index (χ3n) is 3.05. The van der Waals surface area contributed by atoms with E-state index in [1.54, 1.807) is 0 Å². The molecule has 0 aromatic heterocycles. The average molecular weight is 285 g/mol. The van der Waals surface area contributed by atoms with Gasteiger partial charge in [0.2, 0.25) is 5.91 Å². The number of hydrogen-bond donors (Lipinski definition) is 2. The molecule has 0 radical (unpaired) electrons. The highest BCUT2D eigenvalue weighted by atomic mass is 35.5. The fourth-order valence-corrected chi connectivity index (χ4v) is 2.13. The van der Waals surface area contributed by atoms with Crippen LogP contribution in [0.4, 0.5) is 0 Å². The summed E-state index contributed by atoms with van der Waals surface area (Å²) >= 11 is 0. The minimum atomic E-state index is -0.0138. The molecule has 0 aliphatic carbocycles. The fourth-order valence-electron chi connectivity index (χ4n) is 2.13. The third kappa shape index (κ3) is 4.73. The number of benzene rings is 1. The Labute approximate surface area is 120 Å². The van der Waals surface area contributed by atoms with Gasteiger partial charge in [0.1, 0.15) is 5.75 Å². The number of amides is 1. The summed E-state index contributed by atoms with van der Waals surface area (Å²) in [6.07, 6.45) is 2.02. The molecule has 1 aliphatic rings. The Morgan fingerprint density at radius 2 is 2.37 bits per heavy atom. The van der Waals surface area contributed by atoms with E-state index in [2.05, 4.69) is 10.6 Å². The van der Waals surface area contributed by atoms with Crippen molar-refractivity contribution < 1.29 is 9.53 Å². The van der Waals surface area contributed by atoms with Gasteiger partial charge in [0, 0.05) is 6.54 Å². The summed E-state index contributed by atoms with van der Waals surface area (Å²) < 4.78 is 5.43. The number of hydrogen-bond acceptors (Lipinski definition) is 3. The molecule has 0 spiro atoms. The lowest BCUT2D eigenvalue weighted by molar-refractivity contribution is -0.122. The number of rotatable bonds is 5. The van der Waals surface area contributed by atoms with Crippen LogP contribution in [0, 0.1) is 0 Å². The Morgan fingerprint density at radius 3 is 3.05 bits per heavy atom. The van der Waals surface area contributed by atoms with Crippen LogP contribution in [0.25, 0.3) is 0 Å². The summed E-state index contributed by atoms with van der Waals surface area (Å²) in [5, 5.41) is 6.14. The normalized spacial score (nSPS) is 17.6. The van der Waals surface area contributed by atoms with Gasteiger partial charge < -0.3 is 15.4 Å². The highest BCUT2D eigenvalue weighted by molar-refractivity contribution is 5.85. The zero-order valence-electron chi connectivity index (χ0n) is 11.1. The number of carbonyl (C=O) groups excluding carboxylic acids is 1. The predicted molar refractivity (Wildman–Crippen MR) is 77.7 cm³/mol. The van der Waals surface area contributed by atoms with Crippen LogP contribution in [0.2, 0.25) is 0 Å². The zero-order valence-corrected chi connectivity index (χ0v) is 12.0. The van der Waals surface area contributed by atoms with E-state index < -0.39 is 0 Å². The second kappa shape index (κ2) is 8.02. The summed E-state index contributed by atoms with van der Waals surface area (Å²) in [6, 6.07) is 7.81. The first kappa shape index (κ1) is 15.8.